The number of hydrogen-bond donors (Lipinski definition) is 2. The quantitative estimate of drug-likeness (QED) is 0.567. The molecule has 56 valence electrons. The summed E-state index contributed by atoms with van der Waals surface area (Å²) >= 11 is 0. The van der Waals surface area contributed by atoms with Crippen LogP contribution in [0.3, 0.4) is 0 Å². The number of benzene rings is 1. The molecule has 4 N–H and O–H groups in total. The molecule has 4 heteroatoms. The van der Waals surface area contributed by atoms with Crippen molar-refractivity contribution in [2.24, 2.45) is 0 Å². The summed E-state index contributed by atoms with van der Waals surface area (Å²) in [6.45, 7) is 0. The molecule has 0 aromatic heterocycles. The van der Waals surface area contributed by atoms with Crippen molar-refractivity contribution in [1.82, 2.24) is 0 Å². The Bertz CT molecular complexity index is 227. The molecule has 1 rings (SSSR count). The summed E-state index contributed by atoms with van der Waals surface area (Å²) in [5.41, 5.74) is 11.0. The maximum atomic E-state index is 12.3. The van der Waals surface area contributed by atoms with Gasteiger partial charge in [-0.25, -0.2) is 4.39 Å². The van der Waals surface area contributed by atoms with Gasteiger partial charge >= 0.3 is 0 Å². The summed E-state index contributed by atoms with van der Waals surface area (Å²) in [7, 11) is 0. The Kier molecular flexibility index (Phi) is 2.96. The van der Waals surface area contributed by atoms with E-state index in [2.05, 4.69) is 0 Å². The van der Waals surface area contributed by atoms with Crippen LogP contribution >= 0.6 is 12.4 Å². The van der Waals surface area contributed by atoms with E-state index in [9.17, 15) is 4.39 Å². The van der Waals surface area contributed by atoms with Crippen molar-refractivity contribution >= 4 is 23.8 Å². The molecule has 10 heavy (non-hydrogen) atoms. The van der Waals surface area contributed by atoms with E-state index in [4.69, 9.17) is 11.5 Å². The monoisotopic (exact) mass is 162 g/mol. The normalized spacial score (nSPS) is 8.50. The van der Waals surface area contributed by atoms with E-state index in [-0.39, 0.29) is 18.1 Å². The molecule has 0 aliphatic carbocycles. The van der Waals surface area contributed by atoms with Crippen LogP contribution in [0.4, 0.5) is 15.8 Å². The maximum absolute atomic E-state index is 12.3. The van der Waals surface area contributed by atoms with Gasteiger partial charge in [-0.15, -0.1) is 12.4 Å². The molecule has 0 fully saturated rings. The first-order chi connectivity index (χ1) is 4.20. The van der Waals surface area contributed by atoms with E-state index in [1.165, 1.54) is 18.2 Å². The predicted molar refractivity (Wildman–Crippen MR) is 42.5 cm³/mol. The fourth-order valence-corrected chi connectivity index (χ4v) is 0.562. The molecule has 0 unspecified atom stereocenters. The summed E-state index contributed by atoms with van der Waals surface area (Å²) in [4.78, 5) is 0. The van der Waals surface area contributed by atoms with Gasteiger partial charge in [-0.1, -0.05) is 0 Å². The van der Waals surface area contributed by atoms with Crippen LogP contribution in [0, 0.1) is 5.82 Å². The zero-order chi connectivity index (χ0) is 6.85. The van der Waals surface area contributed by atoms with Crippen LogP contribution < -0.4 is 11.5 Å². The van der Waals surface area contributed by atoms with E-state index in [1.807, 2.05) is 0 Å². The van der Waals surface area contributed by atoms with E-state index in [0.29, 0.717) is 5.69 Å². The molecule has 0 heterocycles. The Morgan fingerprint density at radius 1 is 1.20 bits per heavy atom. The van der Waals surface area contributed by atoms with Gasteiger partial charge in [-0.3, -0.25) is 0 Å². The third-order valence-corrected chi connectivity index (χ3v) is 1.02. The highest BCUT2D eigenvalue weighted by Crippen LogP contribution is 2.12. The summed E-state index contributed by atoms with van der Waals surface area (Å²) in [6.07, 6.45) is 0. The Morgan fingerprint density at radius 2 is 1.80 bits per heavy atom. The fourth-order valence-electron chi connectivity index (χ4n) is 0.562. The Hall–Kier alpha value is -0.960. The number of nitrogens with two attached hydrogens (primary N) is 2. The first-order valence-corrected chi connectivity index (χ1v) is 2.50. The predicted octanol–water partition coefficient (Wildman–Crippen LogP) is 1.41. The van der Waals surface area contributed by atoms with Crippen LogP contribution in [-0.4, -0.2) is 0 Å². The highest BCUT2D eigenvalue weighted by molar-refractivity contribution is 5.85. The topological polar surface area (TPSA) is 52.0 Å². The van der Waals surface area contributed by atoms with Crippen molar-refractivity contribution in [1.29, 1.82) is 0 Å². The first-order valence-electron chi connectivity index (χ1n) is 2.50. The lowest BCUT2D eigenvalue weighted by Crippen LogP contribution is -1.92. The van der Waals surface area contributed by atoms with Crippen LogP contribution in [0.15, 0.2) is 18.2 Å². The molecule has 2 nitrogen and oxygen atoms in total. The van der Waals surface area contributed by atoms with Crippen molar-refractivity contribution in [2.75, 3.05) is 11.5 Å². The smallest absolute Gasteiger partial charge is 0.146 e. The highest BCUT2D eigenvalue weighted by Gasteiger charge is 1.94. The van der Waals surface area contributed by atoms with Gasteiger partial charge in [0.25, 0.3) is 0 Å². The number of nitrogen functional groups attached to an aromatic ring is 2. The molecule has 0 spiro atoms. The largest absolute Gasteiger partial charge is 0.399 e. The van der Waals surface area contributed by atoms with Gasteiger partial charge in [0.2, 0.25) is 0 Å². The fraction of sp³-hybridized carbons (Fsp3) is 0. The summed E-state index contributed by atoms with van der Waals surface area (Å²) in [5, 5.41) is 0. The average molecular weight is 163 g/mol. The van der Waals surface area contributed by atoms with E-state index in [1.54, 1.807) is 0 Å². The van der Waals surface area contributed by atoms with Crippen LogP contribution in [0.25, 0.3) is 0 Å². The second-order valence-electron chi connectivity index (χ2n) is 1.78. The molecule has 0 aliphatic rings. The Labute approximate surface area is 64.4 Å². The summed E-state index contributed by atoms with van der Waals surface area (Å²) in [6, 6.07) is 4.09. The lowest BCUT2D eigenvalue weighted by atomic mass is 10.3. The lowest BCUT2D eigenvalue weighted by Gasteiger charge is -1.95. The average Bonchev–Trinajstić information content (AvgIpc) is 1.80. The molecule has 0 atom stereocenters. The molecular weight excluding hydrogens is 155 g/mol. The van der Waals surface area contributed by atoms with Crippen LogP contribution in [0.2, 0.25) is 0 Å². The van der Waals surface area contributed by atoms with Crippen LogP contribution in [0.5, 0.6) is 0 Å². The van der Waals surface area contributed by atoms with Crippen molar-refractivity contribution < 1.29 is 4.39 Å². The molecule has 0 radical (unpaired) electrons. The number of hydrogen-bond acceptors (Lipinski definition) is 2. The van der Waals surface area contributed by atoms with Crippen LogP contribution in [0.1, 0.15) is 0 Å². The van der Waals surface area contributed by atoms with E-state index in [0.717, 1.165) is 0 Å². The van der Waals surface area contributed by atoms with Gasteiger partial charge in [0.15, 0.2) is 0 Å². The molecule has 0 bridgehead atoms. The third-order valence-electron chi connectivity index (χ3n) is 1.02. The molecule has 1 aromatic rings. The highest BCUT2D eigenvalue weighted by atomic mass is 35.5. The van der Waals surface area contributed by atoms with Crippen molar-refractivity contribution in [3.05, 3.63) is 24.0 Å². The van der Waals surface area contributed by atoms with Gasteiger partial charge in [-0.2, -0.15) is 0 Å². The molecule has 1 aromatic carbocycles. The van der Waals surface area contributed by atoms with E-state index >= 15 is 0 Å². The first kappa shape index (κ1) is 9.04. The Morgan fingerprint density at radius 3 is 2.20 bits per heavy atom. The van der Waals surface area contributed by atoms with Crippen molar-refractivity contribution in [2.45, 2.75) is 0 Å². The van der Waals surface area contributed by atoms with Crippen LogP contribution in [-0.2, 0) is 0 Å². The lowest BCUT2D eigenvalue weighted by molar-refractivity contribution is 0.633. The molecular formula is C6H8ClFN2. The second-order valence-corrected chi connectivity index (χ2v) is 1.78. The van der Waals surface area contributed by atoms with Gasteiger partial charge < -0.3 is 11.5 Å². The minimum atomic E-state index is -0.427. The number of rotatable bonds is 0. The van der Waals surface area contributed by atoms with Gasteiger partial charge in [0, 0.05) is 5.69 Å². The van der Waals surface area contributed by atoms with E-state index < -0.39 is 5.82 Å². The number of halogens is 2. The number of anilines is 2. The van der Waals surface area contributed by atoms with Gasteiger partial charge in [-0.05, 0) is 18.2 Å². The summed E-state index contributed by atoms with van der Waals surface area (Å²) in [5.74, 6) is -0.427. The zero-order valence-corrected chi connectivity index (χ0v) is 5.99. The van der Waals surface area contributed by atoms with Gasteiger partial charge in [0.1, 0.15) is 5.82 Å². The molecule has 0 amide bonds. The minimum absolute atomic E-state index is 0. The molecule has 0 saturated heterocycles. The Balaban J connectivity index is 0.000000810. The van der Waals surface area contributed by atoms with Crippen molar-refractivity contribution in [3.8, 4) is 0 Å². The molecule has 0 aliphatic heterocycles. The molecule has 0 saturated carbocycles. The summed E-state index contributed by atoms with van der Waals surface area (Å²) < 4.78 is 12.3. The van der Waals surface area contributed by atoms with Crippen molar-refractivity contribution in [3.63, 3.8) is 0 Å². The zero-order valence-electron chi connectivity index (χ0n) is 5.17. The van der Waals surface area contributed by atoms with Gasteiger partial charge in [0.05, 0.1) is 5.69 Å². The second kappa shape index (κ2) is 3.27. The maximum Gasteiger partial charge on any atom is 0.146 e. The standard InChI is InChI=1S/C6H7FN2.ClH/c7-5-2-1-4(8)3-6(5)9;/h1-3H,8-9H2;1H. The third kappa shape index (κ3) is 1.77. The SMILES string of the molecule is Cl.Nc1ccc(F)c(N)c1. The minimum Gasteiger partial charge on any atom is -0.399 e.